The Morgan fingerprint density at radius 1 is 1.12 bits per heavy atom. The minimum absolute atomic E-state index is 0.0506. The summed E-state index contributed by atoms with van der Waals surface area (Å²) in [7, 11) is 1.64. The first-order valence-corrected chi connectivity index (χ1v) is 9.30. The number of amides is 1. The summed E-state index contributed by atoms with van der Waals surface area (Å²) < 4.78 is 5.21. The molecule has 4 rings (SSSR count). The van der Waals surface area contributed by atoms with Crippen LogP contribution in [-0.2, 0) is 0 Å². The molecule has 1 heterocycles. The molecule has 1 aromatic rings. The number of nitrogens with zero attached hydrogens (tertiary/aromatic N) is 2. The second-order valence-corrected chi connectivity index (χ2v) is 7.40. The van der Waals surface area contributed by atoms with Gasteiger partial charge in [0.1, 0.15) is 5.75 Å². The average molecular weight is 326 g/mol. The van der Waals surface area contributed by atoms with Gasteiger partial charge in [0.2, 0.25) is 0 Å². The molecular weight excluding hydrogens is 300 g/mol. The van der Waals surface area contributed by atoms with E-state index in [0.717, 1.165) is 25.0 Å². The highest BCUT2D eigenvalue weighted by molar-refractivity contribution is 5.99. The Hall–Kier alpha value is -1.84. The van der Waals surface area contributed by atoms with Crippen LogP contribution >= 0.6 is 0 Å². The van der Waals surface area contributed by atoms with Gasteiger partial charge in [-0.1, -0.05) is 25.7 Å². The van der Waals surface area contributed by atoms with Crippen molar-refractivity contribution < 1.29 is 9.53 Å². The van der Waals surface area contributed by atoms with Crippen LogP contribution in [0.15, 0.2) is 29.4 Å². The molecular formula is C20H26N2O2. The van der Waals surface area contributed by atoms with Gasteiger partial charge < -0.3 is 4.74 Å². The van der Waals surface area contributed by atoms with Gasteiger partial charge in [0.05, 0.1) is 12.6 Å². The van der Waals surface area contributed by atoms with Gasteiger partial charge in [0, 0.05) is 17.2 Å². The van der Waals surface area contributed by atoms with E-state index in [-0.39, 0.29) is 11.4 Å². The van der Waals surface area contributed by atoms with Crippen molar-refractivity contribution in [2.24, 2.45) is 11.0 Å². The number of methoxy groups -OCH3 is 1. The van der Waals surface area contributed by atoms with Crippen molar-refractivity contribution in [3.63, 3.8) is 0 Å². The molecule has 0 saturated heterocycles. The van der Waals surface area contributed by atoms with E-state index in [0.29, 0.717) is 11.5 Å². The molecule has 1 aromatic carbocycles. The predicted molar refractivity (Wildman–Crippen MR) is 94.4 cm³/mol. The van der Waals surface area contributed by atoms with Crippen molar-refractivity contribution in [1.29, 1.82) is 0 Å². The molecule has 1 amide bonds. The van der Waals surface area contributed by atoms with Crippen LogP contribution in [0.2, 0.25) is 0 Å². The molecule has 1 atom stereocenters. The molecule has 4 heteroatoms. The van der Waals surface area contributed by atoms with Crippen LogP contribution in [0, 0.1) is 5.92 Å². The SMILES string of the molecule is COc1ccc(C(=O)N2N=C3CCCCC3C23CCCCC3)cc1. The molecule has 1 spiro atoms. The standard InChI is InChI=1S/C20H26N2O2/c1-24-16-11-9-15(10-12-16)19(23)22-20(13-5-2-6-14-20)17-7-3-4-8-18(17)21-22/h9-12,17H,2-8,13-14H2,1H3. The summed E-state index contributed by atoms with van der Waals surface area (Å²) >= 11 is 0. The van der Waals surface area contributed by atoms with Gasteiger partial charge in [-0.3, -0.25) is 4.79 Å². The quantitative estimate of drug-likeness (QED) is 0.808. The van der Waals surface area contributed by atoms with Crippen LogP contribution in [0.4, 0.5) is 0 Å². The number of hydrogen-bond acceptors (Lipinski definition) is 3. The molecule has 0 bridgehead atoms. The summed E-state index contributed by atoms with van der Waals surface area (Å²) in [4.78, 5) is 13.2. The van der Waals surface area contributed by atoms with Crippen molar-refractivity contribution in [3.8, 4) is 5.75 Å². The summed E-state index contributed by atoms with van der Waals surface area (Å²) in [6.07, 6.45) is 10.7. The molecule has 0 aromatic heterocycles. The van der Waals surface area contributed by atoms with Crippen molar-refractivity contribution >= 4 is 11.6 Å². The number of fused-ring (bicyclic) bond motifs is 2. The lowest BCUT2D eigenvalue weighted by molar-refractivity contribution is 0.0286. The van der Waals surface area contributed by atoms with E-state index in [1.807, 2.05) is 29.3 Å². The summed E-state index contributed by atoms with van der Waals surface area (Å²) in [6.45, 7) is 0. The largest absolute Gasteiger partial charge is 0.497 e. The molecule has 3 aliphatic rings. The second kappa shape index (κ2) is 6.23. The first kappa shape index (κ1) is 15.7. The zero-order valence-corrected chi connectivity index (χ0v) is 14.5. The maximum atomic E-state index is 13.2. The average Bonchev–Trinajstić information content (AvgIpc) is 2.96. The fourth-order valence-electron chi connectivity index (χ4n) is 4.90. The Bertz CT molecular complexity index is 644. The van der Waals surface area contributed by atoms with Gasteiger partial charge in [-0.05, 0) is 56.4 Å². The Morgan fingerprint density at radius 3 is 2.58 bits per heavy atom. The van der Waals surface area contributed by atoms with Gasteiger partial charge in [-0.25, -0.2) is 5.01 Å². The third-order valence-electron chi connectivity index (χ3n) is 6.13. The summed E-state index contributed by atoms with van der Waals surface area (Å²) in [5.41, 5.74) is 1.94. The van der Waals surface area contributed by atoms with Crippen molar-refractivity contribution in [1.82, 2.24) is 5.01 Å². The first-order valence-electron chi connectivity index (χ1n) is 9.30. The fraction of sp³-hybridized carbons (Fsp3) is 0.600. The number of hydrogen-bond donors (Lipinski definition) is 0. The Labute approximate surface area is 143 Å². The van der Waals surface area contributed by atoms with Crippen LogP contribution in [0.5, 0.6) is 5.75 Å². The van der Waals surface area contributed by atoms with E-state index in [9.17, 15) is 4.79 Å². The Balaban J connectivity index is 1.68. The highest BCUT2D eigenvalue weighted by atomic mass is 16.5. The van der Waals surface area contributed by atoms with Gasteiger partial charge >= 0.3 is 0 Å². The Morgan fingerprint density at radius 2 is 1.88 bits per heavy atom. The van der Waals surface area contributed by atoms with Gasteiger partial charge in [-0.15, -0.1) is 0 Å². The normalized spacial score (nSPS) is 25.3. The molecule has 2 fully saturated rings. The lowest BCUT2D eigenvalue weighted by Crippen LogP contribution is -2.52. The van der Waals surface area contributed by atoms with E-state index in [4.69, 9.17) is 9.84 Å². The molecule has 128 valence electrons. The van der Waals surface area contributed by atoms with Gasteiger partial charge in [0.15, 0.2) is 0 Å². The first-order chi connectivity index (χ1) is 11.7. The minimum atomic E-state index is -0.0506. The third-order valence-corrected chi connectivity index (χ3v) is 6.13. The molecule has 2 aliphatic carbocycles. The van der Waals surface area contributed by atoms with E-state index in [1.165, 1.54) is 44.2 Å². The van der Waals surface area contributed by atoms with E-state index >= 15 is 0 Å². The van der Waals surface area contributed by atoms with Gasteiger partial charge in [0.25, 0.3) is 5.91 Å². The van der Waals surface area contributed by atoms with E-state index in [2.05, 4.69) is 0 Å². The Kier molecular flexibility index (Phi) is 4.07. The number of ether oxygens (including phenoxy) is 1. The predicted octanol–water partition coefficient (Wildman–Crippen LogP) is 4.40. The van der Waals surface area contributed by atoms with Crippen LogP contribution < -0.4 is 4.74 Å². The maximum Gasteiger partial charge on any atom is 0.274 e. The number of rotatable bonds is 2. The molecule has 1 unspecified atom stereocenters. The topological polar surface area (TPSA) is 41.9 Å². The smallest absolute Gasteiger partial charge is 0.274 e. The van der Waals surface area contributed by atoms with Crippen LogP contribution in [0.3, 0.4) is 0 Å². The monoisotopic (exact) mass is 326 g/mol. The molecule has 24 heavy (non-hydrogen) atoms. The molecule has 2 saturated carbocycles. The van der Waals surface area contributed by atoms with Gasteiger partial charge in [-0.2, -0.15) is 5.10 Å². The van der Waals surface area contributed by atoms with Crippen molar-refractivity contribution in [2.75, 3.05) is 7.11 Å². The highest BCUT2D eigenvalue weighted by Crippen LogP contribution is 2.49. The highest BCUT2D eigenvalue weighted by Gasteiger charge is 2.53. The zero-order valence-electron chi connectivity index (χ0n) is 14.5. The molecule has 1 aliphatic heterocycles. The maximum absolute atomic E-state index is 13.2. The zero-order chi connectivity index (χ0) is 16.6. The second-order valence-electron chi connectivity index (χ2n) is 7.40. The number of benzene rings is 1. The number of carbonyl (C=O) groups excluding carboxylic acids is 1. The fourth-order valence-corrected chi connectivity index (χ4v) is 4.90. The summed E-state index contributed by atoms with van der Waals surface area (Å²) in [5.74, 6) is 1.33. The van der Waals surface area contributed by atoms with E-state index in [1.54, 1.807) is 7.11 Å². The van der Waals surface area contributed by atoms with Crippen LogP contribution in [0.25, 0.3) is 0 Å². The third kappa shape index (κ3) is 2.43. The van der Waals surface area contributed by atoms with E-state index < -0.39 is 0 Å². The van der Waals surface area contributed by atoms with Crippen molar-refractivity contribution in [2.45, 2.75) is 63.3 Å². The summed E-state index contributed by atoms with van der Waals surface area (Å²) in [5, 5.41) is 6.76. The molecule has 0 N–H and O–H groups in total. The molecule has 0 radical (unpaired) electrons. The van der Waals surface area contributed by atoms with Crippen LogP contribution in [0.1, 0.15) is 68.1 Å². The number of carbonyl (C=O) groups is 1. The minimum Gasteiger partial charge on any atom is -0.497 e. The van der Waals surface area contributed by atoms with Crippen molar-refractivity contribution in [3.05, 3.63) is 29.8 Å². The lowest BCUT2D eigenvalue weighted by Gasteiger charge is -2.44. The lowest BCUT2D eigenvalue weighted by atomic mass is 9.67. The molecule has 4 nitrogen and oxygen atoms in total. The number of hydrazone groups is 1. The summed E-state index contributed by atoms with van der Waals surface area (Å²) in [6, 6.07) is 7.44. The van der Waals surface area contributed by atoms with Crippen LogP contribution in [-0.4, -0.2) is 29.3 Å².